The van der Waals surface area contributed by atoms with E-state index in [9.17, 15) is 4.79 Å². The Morgan fingerprint density at radius 1 is 1.00 bits per heavy atom. The summed E-state index contributed by atoms with van der Waals surface area (Å²) in [6.45, 7) is 2.13. The van der Waals surface area contributed by atoms with Crippen LogP contribution in [0.5, 0.6) is 0 Å². The molecule has 2 nitrogen and oxygen atoms in total. The van der Waals surface area contributed by atoms with E-state index in [1.165, 1.54) is 5.56 Å². The molecule has 1 atom stereocenters. The molecule has 0 aliphatic carbocycles. The molecule has 96 valence electrons. The van der Waals surface area contributed by atoms with Crippen LogP contribution >= 0.6 is 0 Å². The van der Waals surface area contributed by atoms with Gasteiger partial charge < -0.3 is 0 Å². The maximum absolute atomic E-state index is 12.7. The molecule has 1 amide bonds. The number of hydrogen-bond donors (Lipinski definition) is 0. The van der Waals surface area contributed by atoms with E-state index in [4.69, 9.17) is 0 Å². The molecule has 1 unspecified atom stereocenters. The number of benzene rings is 2. The Morgan fingerprint density at radius 2 is 1.68 bits per heavy atom. The first-order chi connectivity index (χ1) is 9.33. The highest BCUT2D eigenvalue weighted by Gasteiger charge is 2.36. The number of para-hydroxylation sites is 2. The molecule has 0 aromatic heterocycles. The van der Waals surface area contributed by atoms with Crippen LogP contribution in [0.25, 0.3) is 0 Å². The lowest BCUT2D eigenvalue weighted by Crippen LogP contribution is -2.23. The van der Waals surface area contributed by atoms with Crippen LogP contribution in [0.2, 0.25) is 0 Å². The van der Waals surface area contributed by atoms with Crippen molar-refractivity contribution in [3.05, 3.63) is 60.2 Å². The van der Waals surface area contributed by atoms with Gasteiger partial charge in [0.15, 0.2) is 0 Å². The summed E-state index contributed by atoms with van der Waals surface area (Å²) >= 11 is 0. The van der Waals surface area contributed by atoms with Gasteiger partial charge in [0.25, 0.3) is 0 Å². The van der Waals surface area contributed by atoms with E-state index in [0.29, 0.717) is 0 Å². The molecule has 0 saturated carbocycles. The number of fused-ring (bicyclic) bond motifs is 1. The van der Waals surface area contributed by atoms with E-state index < -0.39 is 0 Å². The molecule has 0 N–H and O–H groups in total. The van der Waals surface area contributed by atoms with Crippen molar-refractivity contribution < 1.29 is 4.79 Å². The minimum absolute atomic E-state index is 0.0152. The van der Waals surface area contributed by atoms with Gasteiger partial charge >= 0.3 is 0 Å². The van der Waals surface area contributed by atoms with Crippen molar-refractivity contribution in [1.29, 1.82) is 0 Å². The van der Waals surface area contributed by atoms with Gasteiger partial charge in [-0.25, -0.2) is 0 Å². The van der Waals surface area contributed by atoms with E-state index >= 15 is 0 Å². The summed E-state index contributed by atoms with van der Waals surface area (Å²) in [6.07, 6.45) is 1.94. The fraction of sp³-hybridized carbons (Fsp3) is 0.235. The predicted octanol–water partition coefficient (Wildman–Crippen LogP) is 4.25. The summed E-state index contributed by atoms with van der Waals surface area (Å²) in [5, 5.41) is 0. The highest BCUT2D eigenvalue weighted by molar-refractivity contribution is 6.10. The lowest BCUT2D eigenvalue weighted by Gasteiger charge is -2.18. The number of rotatable bonds is 3. The van der Waals surface area contributed by atoms with Crippen LogP contribution in [0.1, 0.15) is 31.2 Å². The lowest BCUT2D eigenvalue weighted by molar-refractivity contribution is -0.118. The fourth-order valence-corrected chi connectivity index (χ4v) is 2.80. The lowest BCUT2D eigenvalue weighted by atomic mass is 9.96. The summed E-state index contributed by atoms with van der Waals surface area (Å²) in [5.74, 6) is 0.218. The minimum atomic E-state index is 0.0152. The molecule has 0 fully saturated rings. The first kappa shape index (κ1) is 12.0. The highest BCUT2D eigenvalue weighted by atomic mass is 16.2. The summed E-state index contributed by atoms with van der Waals surface area (Å²) in [4.78, 5) is 14.5. The van der Waals surface area contributed by atoms with E-state index in [2.05, 4.69) is 13.0 Å². The van der Waals surface area contributed by atoms with Crippen LogP contribution in [-0.2, 0) is 4.79 Å². The number of nitrogens with zero attached hydrogens (tertiary/aromatic N) is 1. The normalized spacial score (nSPS) is 17.6. The zero-order chi connectivity index (χ0) is 13.2. The third kappa shape index (κ3) is 1.93. The smallest absolute Gasteiger partial charge is 0.239 e. The Hall–Kier alpha value is -2.09. The second-order valence-corrected chi connectivity index (χ2v) is 4.91. The van der Waals surface area contributed by atoms with Crippen molar-refractivity contribution in [3.8, 4) is 0 Å². The van der Waals surface area contributed by atoms with Gasteiger partial charge in [-0.05, 0) is 30.2 Å². The van der Waals surface area contributed by atoms with E-state index in [1.54, 1.807) is 0 Å². The molecular weight excluding hydrogens is 234 g/mol. The zero-order valence-electron chi connectivity index (χ0n) is 11.0. The second-order valence-electron chi connectivity index (χ2n) is 4.91. The number of carbonyl (C=O) groups is 1. The largest absolute Gasteiger partial charge is 0.280 e. The molecule has 0 spiro atoms. The quantitative estimate of drug-likeness (QED) is 0.798. The number of amides is 1. The van der Waals surface area contributed by atoms with Crippen LogP contribution in [0.4, 0.5) is 11.4 Å². The van der Waals surface area contributed by atoms with Crippen molar-refractivity contribution in [2.45, 2.75) is 25.7 Å². The van der Waals surface area contributed by atoms with Crippen LogP contribution in [0, 0.1) is 0 Å². The molecule has 19 heavy (non-hydrogen) atoms. The molecule has 2 aromatic carbocycles. The zero-order valence-corrected chi connectivity index (χ0v) is 11.0. The van der Waals surface area contributed by atoms with Crippen LogP contribution < -0.4 is 4.90 Å². The summed E-state index contributed by atoms with van der Waals surface area (Å²) in [7, 11) is 0. The Bertz CT molecular complexity index is 591. The van der Waals surface area contributed by atoms with Gasteiger partial charge in [0.1, 0.15) is 0 Å². The topological polar surface area (TPSA) is 20.3 Å². The molecule has 1 aliphatic rings. The maximum atomic E-state index is 12.7. The van der Waals surface area contributed by atoms with Crippen molar-refractivity contribution in [2.24, 2.45) is 0 Å². The molecular formula is C17H17NO. The standard InChI is InChI=1S/C17H17NO/c1-2-8-15-14-11-6-7-12-16(14)18(17(15)19)13-9-4-3-5-10-13/h3-7,9-12,15H,2,8H2,1H3. The van der Waals surface area contributed by atoms with Gasteiger partial charge in [-0.1, -0.05) is 49.7 Å². The van der Waals surface area contributed by atoms with E-state index in [1.807, 2.05) is 53.4 Å². The summed E-state index contributed by atoms with van der Waals surface area (Å²) < 4.78 is 0. The molecule has 0 bridgehead atoms. The molecule has 2 aromatic rings. The fourth-order valence-electron chi connectivity index (χ4n) is 2.80. The van der Waals surface area contributed by atoms with Gasteiger partial charge in [-0.2, -0.15) is 0 Å². The molecule has 1 aliphatic heterocycles. The van der Waals surface area contributed by atoms with Crippen LogP contribution in [0.3, 0.4) is 0 Å². The number of anilines is 2. The Labute approximate surface area is 113 Å². The van der Waals surface area contributed by atoms with Gasteiger partial charge in [0.05, 0.1) is 11.6 Å². The van der Waals surface area contributed by atoms with Crippen LogP contribution in [0.15, 0.2) is 54.6 Å². The van der Waals surface area contributed by atoms with Crippen molar-refractivity contribution in [1.82, 2.24) is 0 Å². The molecule has 3 rings (SSSR count). The van der Waals surface area contributed by atoms with Gasteiger partial charge in [0, 0.05) is 5.69 Å². The first-order valence-corrected chi connectivity index (χ1v) is 6.81. The summed E-state index contributed by atoms with van der Waals surface area (Å²) in [5.41, 5.74) is 3.16. The van der Waals surface area contributed by atoms with E-state index in [0.717, 1.165) is 24.2 Å². The average molecular weight is 251 g/mol. The molecule has 2 heteroatoms. The van der Waals surface area contributed by atoms with Gasteiger partial charge in [-0.15, -0.1) is 0 Å². The Balaban J connectivity index is 2.09. The SMILES string of the molecule is CCCC1C(=O)N(c2ccccc2)c2ccccc21. The second kappa shape index (κ2) is 4.88. The van der Waals surface area contributed by atoms with Crippen molar-refractivity contribution in [3.63, 3.8) is 0 Å². The van der Waals surface area contributed by atoms with Crippen molar-refractivity contribution in [2.75, 3.05) is 4.90 Å². The molecule has 0 saturated heterocycles. The molecule has 0 radical (unpaired) electrons. The third-order valence-electron chi connectivity index (χ3n) is 3.66. The number of hydrogen-bond acceptors (Lipinski definition) is 1. The molecule has 1 heterocycles. The van der Waals surface area contributed by atoms with E-state index in [-0.39, 0.29) is 11.8 Å². The van der Waals surface area contributed by atoms with Gasteiger partial charge in [0.2, 0.25) is 5.91 Å². The van der Waals surface area contributed by atoms with Gasteiger partial charge in [-0.3, -0.25) is 9.69 Å². The minimum Gasteiger partial charge on any atom is -0.280 e. The maximum Gasteiger partial charge on any atom is 0.239 e. The number of carbonyl (C=O) groups excluding carboxylic acids is 1. The first-order valence-electron chi connectivity index (χ1n) is 6.81. The predicted molar refractivity (Wildman–Crippen MR) is 77.7 cm³/mol. The third-order valence-corrected chi connectivity index (χ3v) is 3.66. The van der Waals surface area contributed by atoms with Crippen molar-refractivity contribution >= 4 is 17.3 Å². The Morgan fingerprint density at radius 3 is 2.42 bits per heavy atom. The average Bonchev–Trinajstić information content (AvgIpc) is 2.73. The summed E-state index contributed by atoms with van der Waals surface area (Å²) in [6, 6.07) is 18.0. The monoisotopic (exact) mass is 251 g/mol. The highest BCUT2D eigenvalue weighted by Crippen LogP contribution is 2.43. The Kier molecular flexibility index (Phi) is 3.08. The van der Waals surface area contributed by atoms with Crippen LogP contribution in [-0.4, -0.2) is 5.91 Å².